The van der Waals surface area contributed by atoms with E-state index in [9.17, 15) is 23.1 Å². The van der Waals surface area contributed by atoms with Crippen molar-refractivity contribution in [2.75, 3.05) is 0 Å². The number of aromatic nitrogens is 1. The van der Waals surface area contributed by atoms with E-state index in [-0.39, 0.29) is 11.2 Å². The molecule has 0 aliphatic carbocycles. The number of fused-ring (bicyclic) bond motifs is 1. The number of non-ortho nitro benzene ring substituents is 1. The molecule has 1 heterocycles. The van der Waals surface area contributed by atoms with Crippen molar-refractivity contribution in [1.29, 1.82) is 0 Å². The SMILES string of the molecule is O=[N+]([O-])c1ccc2ccn(C[B-](F)(F)F)c2c1. The fraction of sp³-hybridized carbons (Fsp3) is 0.111. The number of halogens is 3. The molecule has 0 spiro atoms. The second-order valence-electron chi connectivity index (χ2n) is 3.68. The first kappa shape index (κ1) is 11.5. The molecule has 0 saturated carbocycles. The fourth-order valence-corrected chi connectivity index (χ4v) is 1.67. The van der Waals surface area contributed by atoms with Gasteiger partial charge in [0, 0.05) is 18.3 Å². The Morgan fingerprint density at radius 2 is 2.00 bits per heavy atom. The summed E-state index contributed by atoms with van der Waals surface area (Å²) >= 11 is 0. The molecule has 8 heteroatoms. The Labute approximate surface area is 93.9 Å². The van der Waals surface area contributed by atoms with E-state index in [4.69, 9.17) is 0 Å². The smallest absolute Gasteiger partial charge is 0.448 e. The number of rotatable bonds is 3. The standard InChI is InChI=1S/C9H7BF3N2O2/c11-10(12,13)6-14-4-3-7-1-2-8(15(16)17)5-9(7)14/h1-5H,6H2/q-1. The fourth-order valence-electron chi connectivity index (χ4n) is 1.67. The van der Waals surface area contributed by atoms with Gasteiger partial charge in [0.2, 0.25) is 0 Å². The molecular formula is C9H7BF3N2O2-. The van der Waals surface area contributed by atoms with Crippen molar-refractivity contribution in [3.05, 3.63) is 40.6 Å². The predicted molar refractivity (Wildman–Crippen MR) is 57.7 cm³/mol. The average molecular weight is 243 g/mol. The molecule has 0 atom stereocenters. The molecule has 4 nitrogen and oxygen atoms in total. The molecule has 0 aliphatic heterocycles. The van der Waals surface area contributed by atoms with Crippen LogP contribution < -0.4 is 0 Å². The number of hydrogen-bond acceptors (Lipinski definition) is 2. The van der Waals surface area contributed by atoms with Crippen molar-refractivity contribution in [2.24, 2.45) is 0 Å². The molecule has 2 aromatic rings. The maximum atomic E-state index is 12.3. The van der Waals surface area contributed by atoms with Gasteiger partial charge in [-0.25, -0.2) is 0 Å². The summed E-state index contributed by atoms with van der Waals surface area (Å²) in [6.45, 7) is -4.97. The average Bonchev–Trinajstić information content (AvgIpc) is 2.58. The van der Waals surface area contributed by atoms with Crippen molar-refractivity contribution >= 4 is 23.6 Å². The summed E-state index contributed by atoms with van der Waals surface area (Å²) in [5.41, 5.74) is 0.00512. The minimum Gasteiger partial charge on any atom is -0.448 e. The molecule has 0 aliphatic rings. The van der Waals surface area contributed by atoms with Crippen LogP contribution in [0.4, 0.5) is 18.6 Å². The van der Waals surface area contributed by atoms with Gasteiger partial charge in [0.15, 0.2) is 0 Å². The summed E-state index contributed by atoms with van der Waals surface area (Å²) < 4.78 is 37.9. The van der Waals surface area contributed by atoms with Gasteiger partial charge in [-0.15, -0.1) is 0 Å². The summed E-state index contributed by atoms with van der Waals surface area (Å²) in [5, 5.41) is 11.1. The normalized spacial score (nSPS) is 11.9. The van der Waals surface area contributed by atoms with Crippen molar-refractivity contribution in [3.8, 4) is 0 Å². The number of nitro groups is 1. The summed E-state index contributed by atoms with van der Waals surface area (Å²) in [7, 11) is 0. The van der Waals surface area contributed by atoms with Gasteiger partial charge >= 0.3 is 6.98 Å². The van der Waals surface area contributed by atoms with E-state index in [1.54, 1.807) is 0 Å². The summed E-state index contributed by atoms with van der Waals surface area (Å²) in [5.74, 6) is 0. The molecule has 0 radical (unpaired) electrons. The highest BCUT2D eigenvalue weighted by Gasteiger charge is 2.24. The molecule has 90 valence electrons. The van der Waals surface area contributed by atoms with Crippen molar-refractivity contribution in [1.82, 2.24) is 4.57 Å². The van der Waals surface area contributed by atoms with Gasteiger partial charge in [-0.1, -0.05) is 0 Å². The summed E-state index contributed by atoms with van der Waals surface area (Å²) in [6, 6.07) is 5.36. The van der Waals surface area contributed by atoms with E-state index in [2.05, 4.69) is 0 Å². The van der Waals surface area contributed by atoms with Crippen LogP contribution in [0.25, 0.3) is 10.9 Å². The summed E-state index contributed by atoms with van der Waals surface area (Å²) in [4.78, 5) is 9.91. The maximum absolute atomic E-state index is 12.3. The second-order valence-corrected chi connectivity index (χ2v) is 3.68. The Morgan fingerprint density at radius 3 is 2.59 bits per heavy atom. The minimum absolute atomic E-state index is 0.216. The van der Waals surface area contributed by atoms with Crippen molar-refractivity contribution < 1.29 is 17.9 Å². The van der Waals surface area contributed by atoms with E-state index >= 15 is 0 Å². The Hall–Kier alpha value is -1.99. The predicted octanol–water partition coefficient (Wildman–Crippen LogP) is 2.94. The first-order valence-electron chi connectivity index (χ1n) is 4.81. The Bertz CT molecular complexity index is 579. The number of benzene rings is 1. The largest absolute Gasteiger partial charge is 0.497 e. The molecule has 0 fully saturated rings. The van der Waals surface area contributed by atoms with Gasteiger partial charge < -0.3 is 17.5 Å². The molecule has 0 saturated heterocycles. The lowest BCUT2D eigenvalue weighted by Gasteiger charge is -2.15. The zero-order valence-corrected chi connectivity index (χ0v) is 8.52. The van der Waals surface area contributed by atoms with Gasteiger partial charge in [-0.2, -0.15) is 0 Å². The summed E-state index contributed by atoms with van der Waals surface area (Å²) in [6.07, 6.45) is 0.189. The molecule has 0 bridgehead atoms. The van der Waals surface area contributed by atoms with Crippen LogP contribution in [-0.2, 0) is 6.44 Å². The molecule has 1 aromatic heterocycles. The highest BCUT2D eigenvalue weighted by Crippen LogP contribution is 2.23. The van der Waals surface area contributed by atoms with E-state index < -0.39 is 18.3 Å². The first-order valence-corrected chi connectivity index (χ1v) is 4.81. The van der Waals surface area contributed by atoms with Crippen molar-refractivity contribution in [2.45, 2.75) is 6.44 Å². The van der Waals surface area contributed by atoms with Crippen LogP contribution in [0, 0.1) is 10.1 Å². The molecule has 0 N–H and O–H groups in total. The zero-order chi connectivity index (χ0) is 12.6. The van der Waals surface area contributed by atoms with Crippen LogP contribution in [0.3, 0.4) is 0 Å². The number of nitro benzene ring substituents is 1. The molecule has 17 heavy (non-hydrogen) atoms. The quantitative estimate of drug-likeness (QED) is 0.472. The third kappa shape index (κ3) is 2.40. The Balaban J connectivity index is 2.50. The lowest BCUT2D eigenvalue weighted by Crippen LogP contribution is -2.23. The molecular weight excluding hydrogens is 236 g/mol. The molecule has 0 amide bonds. The zero-order valence-electron chi connectivity index (χ0n) is 8.52. The first-order chi connectivity index (χ1) is 7.87. The lowest BCUT2D eigenvalue weighted by atomic mass is 9.92. The van der Waals surface area contributed by atoms with Crippen LogP contribution in [0.15, 0.2) is 30.5 Å². The van der Waals surface area contributed by atoms with Crippen LogP contribution in [0.5, 0.6) is 0 Å². The highest BCUT2D eigenvalue weighted by molar-refractivity contribution is 6.57. The van der Waals surface area contributed by atoms with Crippen LogP contribution in [0.2, 0.25) is 0 Å². The molecule has 1 aromatic carbocycles. The monoisotopic (exact) mass is 243 g/mol. The van der Waals surface area contributed by atoms with Gasteiger partial charge in [0.05, 0.1) is 10.4 Å². The Kier molecular flexibility index (Phi) is 2.57. The third-order valence-corrected chi connectivity index (χ3v) is 2.37. The van der Waals surface area contributed by atoms with Crippen LogP contribution >= 0.6 is 0 Å². The van der Waals surface area contributed by atoms with Gasteiger partial charge in [0.25, 0.3) is 5.69 Å². The van der Waals surface area contributed by atoms with Crippen LogP contribution in [-0.4, -0.2) is 16.5 Å². The van der Waals surface area contributed by atoms with Gasteiger partial charge in [-0.05, 0) is 24.0 Å². The maximum Gasteiger partial charge on any atom is 0.497 e. The molecule has 0 unspecified atom stereocenters. The lowest BCUT2D eigenvalue weighted by molar-refractivity contribution is -0.384. The van der Waals surface area contributed by atoms with Crippen molar-refractivity contribution in [3.63, 3.8) is 0 Å². The molecule has 2 rings (SSSR count). The Morgan fingerprint density at radius 1 is 1.29 bits per heavy atom. The second kappa shape index (κ2) is 3.79. The van der Waals surface area contributed by atoms with E-state index in [0.717, 1.165) is 10.6 Å². The van der Waals surface area contributed by atoms with E-state index in [0.29, 0.717) is 5.39 Å². The van der Waals surface area contributed by atoms with Gasteiger partial charge in [0.1, 0.15) is 0 Å². The van der Waals surface area contributed by atoms with E-state index in [1.165, 1.54) is 24.4 Å². The minimum atomic E-state index is -4.97. The number of nitrogens with zero attached hydrogens (tertiary/aromatic N) is 2. The highest BCUT2D eigenvalue weighted by atomic mass is 19.4. The third-order valence-electron chi connectivity index (χ3n) is 2.37. The number of hydrogen-bond donors (Lipinski definition) is 0. The van der Waals surface area contributed by atoms with Gasteiger partial charge in [-0.3, -0.25) is 10.1 Å². The van der Waals surface area contributed by atoms with E-state index in [1.807, 2.05) is 0 Å². The van der Waals surface area contributed by atoms with Crippen LogP contribution in [0.1, 0.15) is 0 Å². The topological polar surface area (TPSA) is 48.1 Å².